The second-order valence-corrected chi connectivity index (χ2v) is 15.3. The molecule has 0 N–H and O–H groups in total. The maximum atomic E-state index is 11.0. The molecule has 4 atom stereocenters. The third-order valence-corrected chi connectivity index (χ3v) is 10.8. The van der Waals surface area contributed by atoms with Crippen LogP contribution in [0.25, 0.3) is 0 Å². The first-order valence-electron chi connectivity index (χ1n) is 23.1. The topological polar surface area (TPSA) is 141 Å². The number of benzene rings is 1. The minimum Gasteiger partial charge on any atom is -0.490 e. The summed E-state index contributed by atoms with van der Waals surface area (Å²) in [6, 6.07) is 8.18. The van der Waals surface area contributed by atoms with Gasteiger partial charge in [0.05, 0.1) is 13.2 Å². The highest BCUT2D eigenvalue weighted by molar-refractivity contribution is 5.82. The monoisotopic (exact) mass is 901 g/mol. The van der Waals surface area contributed by atoms with Crippen LogP contribution in [0, 0.1) is 23.7 Å². The molecule has 3 aliphatic carbocycles. The van der Waals surface area contributed by atoms with Crippen molar-refractivity contribution in [2.75, 3.05) is 39.6 Å². The van der Waals surface area contributed by atoms with Gasteiger partial charge >= 0.3 is 29.8 Å². The van der Waals surface area contributed by atoms with Gasteiger partial charge < -0.3 is 28.4 Å². The van der Waals surface area contributed by atoms with Crippen LogP contribution in [0.1, 0.15) is 157 Å². The molecule has 0 saturated heterocycles. The number of rotatable bonds is 25. The predicted octanol–water partition coefficient (Wildman–Crippen LogP) is 12.5. The van der Waals surface area contributed by atoms with Crippen LogP contribution in [0.2, 0.25) is 0 Å². The third kappa shape index (κ3) is 32.9. The molecule has 2 bridgehead atoms. The molecule has 4 rings (SSSR count). The Bertz CT molecular complexity index is 1370. The van der Waals surface area contributed by atoms with E-state index in [9.17, 15) is 24.0 Å². The minimum atomic E-state index is -0.503. The Hall–Kier alpha value is -4.67. The summed E-state index contributed by atoms with van der Waals surface area (Å²) in [6.45, 7) is 22.5. The smallest absolute Gasteiger partial charge is 0.330 e. The van der Waals surface area contributed by atoms with Crippen molar-refractivity contribution in [3.05, 3.63) is 80.4 Å². The van der Waals surface area contributed by atoms with E-state index in [0.29, 0.717) is 26.2 Å². The largest absolute Gasteiger partial charge is 0.490 e. The summed E-state index contributed by atoms with van der Waals surface area (Å²) in [5, 5.41) is 0. The molecule has 0 spiro atoms. The number of hydrogen-bond acceptors (Lipinski definition) is 11. The van der Waals surface area contributed by atoms with Gasteiger partial charge in [0.2, 0.25) is 0 Å². The maximum Gasteiger partial charge on any atom is 0.330 e. The molecule has 64 heavy (non-hydrogen) atoms. The van der Waals surface area contributed by atoms with Gasteiger partial charge in [-0.3, -0.25) is 4.79 Å². The molecule has 3 aliphatic rings. The summed E-state index contributed by atoms with van der Waals surface area (Å²) in [5.74, 6) is 3.73. The summed E-state index contributed by atoms with van der Waals surface area (Å²) >= 11 is 0. The Morgan fingerprint density at radius 3 is 1.41 bits per heavy atom. The number of hydrogen-bond donors (Lipinski definition) is 0. The predicted molar refractivity (Wildman–Crippen MR) is 260 cm³/mol. The second-order valence-electron chi connectivity index (χ2n) is 15.3. The maximum absolute atomic E-state index is 11.0. The number of esters is 5. The zero-order chi connectivity index (χ0) is 46.2. The van der Waals surface area contributed by atoms with Crippen LogP contribution in [0.15, 0.2) is 74.9 Å². The van der Waals surface area contributed by atoms with E-state index in [4.69, 9.17) is 14.2 Å². The summed E-state index contributed by atoms with van der Waals surface area (Å²) in [7, 11) is 0. The molecular weight excluding hydrogens is 813 g/mol. The number of carbonyl (C=O) groups is 5. The normalized spacial score (nSPS) is 16.6. The van der Waals surface area contributed by atoms with E-state index in [0.717, 1.165) is 55.7 Å². The van der Waals surface area contributed by atoms with Crippen molar-refractivity contribution in [3.63, 3.8) is 0 Å². The van der Waals surface area contributed by atoms with Crippen LogP contribution in [0.5, 0.6) is 5.75 Å². The summed E-state index contributed by atoms with van der Waals surface area (Å²) in [4.78, 5) is 52.6. The van der Waals surface area contributed by atoms with Crippen LogP contribution < -0.4 is 4.74 Å². The fourth-order valence-corrected chi connectivity index (χ4v) is 7.77. The minimum absolute atomic E-state index is 0. The van der Waals surface area contributed by atoms with Gasteiger partial charge in [-0.1, -0.05) is 125 Å². The Morgan fingerprint density at radius 2 is 0.953 bits per heavy atom. The van der Waals surface area contributed by atoms with Crippen molar-refractivity contribution in [3.8, 4) is 5.75 Å². The molecule has 0 radical (unpaired) electrons. The average molecular weight is 901 g/mol. The highest BCUT2D eigenvalue weighted by Crippen LogP contribution is 2.58. The van der Waals surface area contributed by atoms with E-state index >= 15 is 0 Å². The van der Waals surface area contributed by atoms with E-state index in [1.807, 2.05) is 12.1 Å². The van der Waals surface area contributed by atoms with Gasteiger partial charge in [0.1, 0.15) is 32.2 Å². The Morgan fingerprint density at radius 1 is 0.531 bits per heavy atom. The second kappa shape index (κ2) is 43.6. The molecule has 11 heteroatoms. The Kier molecular flexibility index (Phi) is 43.3. The lowest BCUT2D eigenvalue weighted by molar-refractivity contribution is -0.149. The van der Waals surface area contributed by atoms with Crippen LogP contribution in [-0.2, 0) is 54.1 Å². The van der Waals surface area contributed by atoms with Crippen LogP contribution in [-0.4, -0.2) is 69.5 Å². The van der Waals surface area contributed by atoms with Gasteiger partial charge in [0.15, 0.2) is 0 Å². The van der Waals surface area contributed by atoms with Gasteiger partial charge in [-0.2, -0.15) is 0 Å². The lowest BCUT2D eigenvalue weighted by atomic mass is 9.82. The number of carbonyl (C=O) groups excluding carboxylic acids is 5. The molecular formula is C53H88O11. The summed E-state index contributed by atoms with van der Waals surface area (Å²) < 4.78 is 28.7. The van der Waals surface area contributed by atoms with Crippen LogP contribution in [0.4, 0.5) is 0 Å². The number of unbranched alkanes of at least 4 members (excludes halogenated alkanes) is 8. The van der Waals surface area contributed by atoms with Gasteiger partial charge in [0.25, 0.3) is 0 Å². The molecule has 1 aromatic rings. The van der Waals surface area contributed by atoms with Crippen LogP contribution >= 0.6 is 0 Å². The van der Waals surface area contributed by atoms with E-state index in [2.05, 4.69) is 66.5 Å². The molecule has 0 aliphatic heterocycles. The van der Waals surface area contributed by atoms with Gasteiger partial charge in [-0.25, -0.2) is 19.2 Å². The van der Waals surface area contributed by atoms with Crippen molar-refractivity contribution in [1.82, 2.24) is 0 Å². The van der Waals surface area contributed by atoms with Crippen molar-refractivity contribution < 1.29 is 52.4 Å². The Balaban J connectivity index is -0.000000780. The summed E-state index contributed by atoms with van der Waals surface area (Å²) in [5.41, 5.74) is 1.35. The van der Waals surface area contributed by atoms with E-state index in [-0.39, 0.29) is 52.6 Å². The number of aryl methyl sites for hydroxylation is 1. The Labute approximate surface area is 388 Å². The van der Waals surface area contributed by atoms with Gasteiger partial charge in [-0.05, 0) is 107 Å². The SMILES string of the molecule is C.C.C1CC2C3CCC(C3)C2C1.C=CC(=O)OCC.C=CC(=O)OCC.C=CC(=O)OCCOC(=O)CCCCC.C=CC(=O)OCCOc1ccc(CCCCCCCCC)cc1. The van der Waals surface area contributed by atoms with Crippen LogP contribution in [0.3, 0.4) is 0 Å². The number of ether oxygens (including phenoxy) is 6. The highest BCUT2D eigenvalue weighted by atomic mass is 16.6. The number of fused-ring (bicyclic) bond motifs is 5. The zero-order valence-corrected chi connectivity index (χ0v) is 38.7. The fourth-order valence-electron chi connectivity index (χ4n) is 7.77. The molecule has 366 valence electrons. The van der Waals surface area contributed by atoms with Crippen molar-refractivity contribution in [2.24, 2.45) is 23.7 Å². The van der Waals surface area contributed by atoms with E-state index < -0.39 is 11.9 Å². The molecule has 3 saturated carbocycles. The highest BCUT2D eigenvalue weighted by Gasteiger charge is 2.48. The van der Waals surface area contributed by atoms with E-state index in [1.54, 1.807) is 52.4 Å². The average Bonchev–Trinajstić information content (AvgIpc) is 4.06. The first-order valence-corrected chi connectivity index (χ1v) is 23.1. The third-order valence-electron chi connectivity index (χ3n) is 10.8. The molecule has 0 aromatic heterocycles. The lowest BCUT2D eigenvalue weighted by Crippen LogP contribution is -2.15. The summed E-state index contributed by atoms with van der Waals surface area (Å²) in [6.07, 6.45) is 27.9. The van der Waals surface area contributed by atoms with Crippen molar-refractivity contribution >= 4 is 29.8 Å². The molecule has 3 fully saturated rings. The first-order chi connectivity index (χ1) is 30.0. The zero-order valence-electron chi connectivity index (χ0n) is 38.7. The standard InChI is InChI=1S/C20H30O3.C11H18O4.C10H16.2C5H8O2.2CH4/c1-3-5-6-7-8-9-10-11-18-12-14-19(15-13-18)22-16-17-23-20(21)4-2;1-3-5-6-7-11(13)15-9-8-14-10(12)4-2;1-2-9-7-4-5-8(6-7)10(9)3-1;2*1-3-5(6)7-4-2;;/h4,12-15H,2-3,5-11,16-17H2,1H3;4H,2-3,5-9H2,1H3;7-10H,1-6H2;2*3H,1,4H2,2H3;2*1H4. The van der Waals surface area contributed by atoms with Crippen molar-refractivity contribution in [1.29, 1.82) is 0 Å². The fraction of sp³-hybridized carbons (Fsp3) is 0.642. The quantitative estimate of drug-likeness (QED) is 0.0401. The first kappa shape index (κ1) is 63.6. The van der Waals surface area contributed by atoms with E-state index in [1.165, 1.54) is 74.2 Å². The molecule has 11 nitrogen and oxygen atoms in total. The van der Waals surface area contributed by atoms with Crippen molar-refractivity contribution in [2.45, 2.75) is 158 Å². The van der Waals surface area contributed by atoms with Gasteiger partial charge in [-0.15, -0.1) is 0 Å². The molecule has 0 heterocycles. The lowest BCUT2D eigenvalue weighted by Gasteiger charge is -2.23. The molecule has 1 aromatic carbocycles. The van der Waals surface area contributed by atoms with Gasteiger partial charge in [0, 0.05) is 30.7 Å². The molecule has 4 unspecified atom stereocenters. The molecule has 0 amide bonds.